The minimum Gasteiger partial charge on any atom is -0.857 e. The SMILES string of the molecule is CCC1C(C)=C(C)C2=C1CCC[CH-]2.C[O-].C[O-].C[O-].[Ti+4]. The molecule has 0 radical (unpaired) electrons. The van der Waals surface area contributed by atoms with Gasteiger partial charge in [-0.1, -0.05) is 52.4 Å². The van der Waals surface area contributed by atoms with Gasteiger partial charge in [0.2, 0.25) is 0 Å². The molecule has 0 saturated heterocycles. The quantitative estimate of drug-likeness (QED) is 0.535. The summed E-state index contributed by atoms with van der Waals surface area (Å²) in [7, 11) is 2.25. The molecule has 2 aliphatic carbocycles. The predicted molar refractivity (Wildman–Crippen MR) is 75.1 cm³/mol. The topological polar surface area (TPSA) is 69.2 Å². The van der Waals surface area contributed by atoms with Gasteiger partial charge < -0.3 is 15.3 Å². The standard InChI is InChI=1S/C13H19.3CH3O.Ti/c1-4-11-9(2)10(3)12-7-5-6-8-13(11)12;3*1-2;/h7,11H,4-6,8H2,1-3H3;3*1H3;/q4*-1;+4. The second-order valence-corrected chi connectivity index (χ2v) is 4.30. The van der Waals surface area contributed by atoms with Crippen molar-refractivity contribution in [2.45, 2.75) is 46.5 Å². The van der Waals surface area contributed by atoms with Crippen molar-refractivity contribution in [3.05, 3.63) is 28.7 Å². The molecule has 1 unspecified atom stereocenters. The van der Waals surface area contributed by atoms with E-state index in [1.54, 1.807) is 22.3 Å². The van der Waals surface area contributed by atoms with E-state index in [4.69, 9.17) is 15.3 Å². The van der Waals surface area contributed by atoms with Crippen LogP contribution >= 0.6 is 0 Å². The van der Waals surface area contributed by atoms with Crippen molar-refractivity contribution in [2.24, 2.45) is 5.92 Å². The van der Waals surface area contributed by atoms with Crippen molar-refractivity contribution >= 4 is 0 Å². The average molecular weight is 316 g/mol. The summed E-state index contributed by atoms with van der Waals surface area (Å²) in [6.45, 7) is 6.92. The third kappa shape index (κ3) is 6.15. The Balaban J connectivity index is -0.000000368. The molecule has 0 aliphatic heterocycles. The van der Waals surface area contributed by atoms with Crippen LogP contribution in [-0.2, 0) is 21.7 Å². The van der Waals surface area contributed by atoms with Crippen LogP contribution in [0.25, 0.3) is 0 Å². The van der Waals surface area contributed by atoms with E-state index >= 15 is 0 Å². The zero-order chi connectivity index (χ0) is 15.4. The maximum absolute atomic E-state index is 8.25. The largest absolute Gasteiger partial charge is 4.00 e. The Bertz CT molecular complexity index is 296. The molecule has 2 aliphatic rings. The molecule has 0 fully saturated rings. The predicted octanol–water partition coefficient (Wildman–Crippen LogP) is 0.974. The van der Waals surface area contributed by atoms with Crippen molar-refractivity contribution in [3.8, 4) is 0 Å². The molecular formula is C16H28O3Ti. The van der Waals surface area contributed by atoms with Crippen molar-refractivity contribution in [3.63, 3.8) is 0 Å². The minimum atomic E-state index is 0. The Morgan fingerprint density at radius 1 is 1.05 bits per heavy atom. The molecule has 114 valence electrons. The smallest absolute Gasteiger partial charge is 0.857 e. The van der Waals surface area contributed by atoms with Crippen LogP contribution in [0.1, 0.15) is 46.5 Å². The van der Waals surface area contributed by atoms with Crippen molar-refractivity contribution in [2.75, 3.05) is 21.3 Å². The van der Waals surface area contributed by atoms with E-state index in [0.717, 1.165) is 27.2 Å². The summed E-state index contributed by atoms with van der Waals surface area (Å²) in [6, 6.07) is 0. The molecule has 3 nitrogen and oxygen atoms in total. The maximum atomic E-state index is 8.25. The third-order valence-corrected chi connectivity index (χ3v) is 3.69. The number of hydrogen-bond donors (Lipinski definition) is 0. The zero-order valence-electron chi connectivity index (χ0n) is 13.7. The zero-order valence-corrected chi connectivity index (χ0v) is 15.3. The fourth-order valence-electron chi connectivity index (χ4n) is 2.85. The summed E-state index contributed by atoms with van der Waals surface area (Å²) in [4.78, 5) is 0. The van der Waals surface area contributed by atoms with Gasteiger partial charge in [0, 0.05) is 0 Å². The van der Waals surface area contributed by atoms with E-state index in [1.807, 2.05) is 0 Å². The first-order valence-electron chi connectivity index (χ1n) is 6.72. The first-order valence-corrected chi connectivity index (χ1v) is 6.72. The molecule has 1 atom stereocenters. The molecule has 20 heavy (non-hydrogen) atoms. The molecule has 0 spiro atoms. The Morgan fingerprint density at radius 2 is 1.55 bits per heavy atom. The normalized spacial score (nSPS) is 18.9. The molecule has 0 amide bonds. The molecule has 0 aromatic heterocycles. The molecule has 0 aromatic rings. The van der Waals surface area contributed by atoms with Crippen LogP contribution in [0.4, 0.5) is 0 Å². The van der Waals surface area contributed by atoms with Crippen LogP contribution in [0.3, 0.4) is 0 Å². The van der Waals surface area contributed by atoms with Gasteiger partial charge in [0.05, 0.1) is 0 Å². The Kier molecular flexibility index (Phi) is 19.1. The van der Waals surface area contributed by atoms with Crippen molar-refractivity contribution in [1.82, 2.24) is 0 Å². The van der Waals surface area contributed by atoms with Gasteiger partial charge in [0.15, 0.2) is 0 Å². The molecular weight excluding hydrogens is 288 g/mol. The van der Waals surface area contributed by atoms with Crippen LogP contribution in [-0.4, -0.2) is 21.3 Å². The summed E-state index contributed by atoms with van der Waals surface area (Å²) in [6.07, 6.45) is 7.75. The molecule has 2 rings (SSSR count). The Hall–Kier alpha value is -0.0557. The van der Waals surface area contributed by atoms with E-state index in [9.17, 15) is 0 Å². The summed E-state index contributed by atoms with van der Waals surface area (Å²) >= 11 is 0. The monoisotopic (exact) mass is 316 g/mol. The molecule has 0 saturated carbocycles. The number of rotatable bonds is 1. The Labute approximate surface area is 139 Å². The van der Waals surface area contributed by atoms with Gasteiger partial charge >= 0.3 is 21.7 Å². The van der Waals surface area contributed by atoms with Gasteiger partial charge in [0.1, 0.15) is 0 Å². The molecule has 0 aromatic carbocycles. The Morgan fingerprint density at radius 3 is 2.00 bits per heavy atom. The van der Waals surface area contributed by atoms with Crippen LogP contribution in [0.5, 0.6) is 0 Å². The second kappa shape index (κ2) is 15.3. The van der Waals surface area contributed by atoms with Gasteiger partial charge in [-0.2, -0.15) is 44.5 Å². The number of allylic oxidation sites excluding steroid dienone is 4. The molecule has 4 heteroatoms. The van der Waals surface area contributed by atoms with Crippen molar-refractivity contribution in [1.29, 1.82) is 0 Å². The van der Waals surface area contributed by atoms with Crippen LogP contribution < -0.4 is 15.3 Å². The van der Waals surface area contributed by atoms with E-state index in [-0.39, 0.29) is 21.7 Å². The van der Waals surface area contributed by atoms with E-state index in [1.165, 1.54) is 25.7 Å². The van der Waals surface area contributed by atoms with E-state index in [0.29, 0.717) is 0 Å². The first kappa shape index (κ1) is 24.9. The molecule has 0 N–H and O–H groups in total. The van der Waals surface area contributed by atoms with Gasteiger partial charge in [-0.05, 0) is 0 Å². The first-order chi connectivity index (χ1) is 9.25. The number of hydrogen-bond acceptors (Lipinski definition) is 3. The fourth-order valence-corrected chi connectivity index (χ4v) is 2.85. The minimum absolute atomic E-state index is 0. The second-order valence-electron chi connectivity index (χ2n) is 4.30. The van der Waals surface area contributed by atoms with Gasteiger partial charge in [0.25, 0.3) is 0 Å². The summed E-state index contributed by atoms with van der Waals surface area (Å²) in [5.74, 6) is 0.784. The fraction of sp³-hybridized carbons (Fsp3) is 0.688. The third-order valence-electron chi connectivity index (χ3n) is 3.69. The van der Waals surface area contributed by atoms with Gasteiger partial charge in [-0.3, -0.25) is 0 Å². The van der Waals surface area contributed by atoms with E-state index in [2.05, 4.69) is 27.2 Å². The molecule has 0 heterocycles. The van der Waals surface area contributed by atoms with E-state index < -0.39 is 0 Å². The summed E-state index contributed by atoms with van der Waals surface area (Å²) < 4.78 is 0. The summed E-state index contributed by atoms with van der Waals surface area (Å²) in [5, 5.41) is 24.8. The van der Waals surface area contributed by atoms with Crippen LogP contribution in [0.15, 0.2) is 22.3 Å². The maximum Gasteiger partial charge on any atom is 4.00 e. The van der Waals surface area contributed by atoms with Gasteiger partial charge in [-0.25, -0.2) is 0 Å². The van der Waals surface area contributed by atoms with Crippen molar-refractivity contribution < 1.29 is 37.0 Å². The van der Waals surface area contributed by atoms with Crippen LogP contribution in [0, 0.1) is 12.3 Å². The summed E-state index contributed by atoms with van der Waals surface area (Å²) in [5.41, 5.74) is 6.55. The van der Waals surface area contributed by atoms with Crippen LogP contribution in [0.2, 0.25) is 0 Å². The average Bonchev–Trinajstić information content (AvgIpc) is 2.77. The van der Waals surface area contributed by atoms with Gasteiger partial charge in [-0.15, -0.1) is 5.57 Å². The molecule has 0 bridgehead atoms.